The average Bonchev–Trinajstić information content (AvgIpc) is 2.68. The van der Waals surface area contributed by atoms with Crippen molar-refractivity contribution in [1.82, 2.24) is 0 Å². The van der Waals surface area contributed by atoms with Crippen LogP contribution in [0.2, 0.25) is 5.02 Å². The summed E-state index contributed by atoms with van der Waals surface area (Å²) in [5.74, 6) is 0.833. The number of carbonyl (C=O) groups is 2. The zero-order valence-corrected chi connectivity index (χ0v) is 18.9. The molecule has 2 aromatic rings. The molecule has 0 aliphatic heterocycles. The maximum atomic E-state index is 12.6. The van der Waals surface area contributed by atoms with Gasteiger partial charge in [0.15, 0.2) is 11.5 Å². The van der Waals surface area contributed by atoms with Crippen molar-refractivity contribution in [2.24, 2.45) is 0 Å². The smallest absolute Gasteiger partial charge is 0.228 e. The molecule has 0 bridgehead atoms. The first-order valence-electron chi connectivity index (χ1n) is 9.35. The van der Waals surface area contributed by atoms with Crippen LogP contribution in [-0.4, -0.2) is 25.0 Å². The Morgan fingerprint density at radius 2 is 1.62 bits per heavy atom. The number of benzene rings is 2. The van der Waals surface area contributed by atoms with Gasteiger partial charge in [0.05, 0.1) is 30.3 Å². The van der Waals surface area contributed by atoms with Crippen LogP contribution in [0, 0.1) is 0 Å². The minimum absolute atomic E-state index is 0.106. The molecule has 0 atom stereocenters. The molecule has 0 spiro atoms. The highest BCUT2D eigenvalue weighted by atomic mass is 79.9. The molecule has 0 aromatic heterocycles. The topological polar surface area (TPSA) is 76.7 Å². The SMILES string of the molecule is CCOc1cc(Br)c(CC(=O)Nc2cc(NC(=O)CC)ccc2Cl)cc1OCC. The molecule has 0 saturated heterocycles. The maximum absolute atomic E-state index is 12.6. The Kier molecular flexibility index (Phi) is 8.79. The van der Waals surface area contributed by atoms with E-state index in [0.717, 1.165) is 10.0 Å². The van der Waals surface area contributed by atoms with Gasteiger partial charge in [0, 0.05) is 16.6 Å². The van der Waals surface area contributed by atoms with E-state index in [9.17, 15) is 9.59 Å². The number of anilines is 2. The summed E-state index contributed by atoms with van der Waals surface area (Å²) in [6, 6.07) is 8.53. The molecule has 0 aliphatic rings. The van der Waals surface area contributed by atoms with E-state index in [1.807, 2.05) is 13.8 Å². The molecule has 29 heavy (non-hydrogen) atoms. The number of ether oxygens (including phenoxy) is 2. The van der Waals surface area contributed by atoms with Gasteiger partial charge >= 0.3 is 0 Å². The highest BCUT2D eigenvalue weighted by Gasteiger charge is 2.15. The standard InChI is InChI=1S/C21H24BrClN2O4/c1-4-20(26)24-14-7-8-16(23)17(11-14)25-21(27)10-13-9-18(28-5-2)19(29-6-3)12-15(13)22/h7-9,11-12H,4-6,10H2,1-3H3,(H,24,26)(H,25,27). The lowest BCUT2D eigenvalue weighted by atomic mass is 10.1. The molecule has 0 fully saturated rings. The number of amides is 2. The first kappa shape index (κ1) is 23.0. The Balaban J connectivity index is 2.17. The second-order valence-electron chi connectivity index (χ2n) is 6.08. The van der Waals surface area contributed by atoms with Crippen LogP contribution in [0.25, 0.3) is 0 Å². The van der Waals surface area contributed by atoms with Crippen molar-refractivity contribution in [3.8, 4) is 11.5 Å². The van der Waals surface area contributed by atoms with E-state index in [2.05, 4.69) is 26.6 Å². The van der Waals surface area contributed by atoms with Crippen LogP contribution in [0.1, 0.15) is 32.8 Å². The summed E-state index contributed by atoms with van der Waals surface area (Å²) >= 11 is 9.68. The summed E-state index contributed by atoms with van der Waals surface area (Å²) in [7, 11) is 0. The Hall–Kier alpha value is -2.25. The summed E-state index contributed by atoms with van der Waals surface area (Å²) in [5, 5.41) is 5.92. The molecule has 8 heteroatoms. The van der Waals surface area contributed by atoms with Gasteiger partial charge < -0.3 is 20.1 Å². The van der Waals surface area contributed by atoms with Crippen LogP contribution in [0.4, 0.5) is 11.4 Å². The Morgan fingerprint density at radius 3 is 2.24 bits per heavy atom. The zero-order valence-electron chi connectivity index (χ0n) is 16.6. The van der Waals surface area contributed by atoms with E-state index in [1.165, 1.54) is 0 Å². The second kappa shape index (κ2) is 11.1. The number of carbonyl (C=O) groups excluding carboxylic acids is 2. The summed E-state index contributed by atoms with van der Waals surface area (Å²) in [5.41, 5.74) is 1.75. The second-order valence-corrected chi connectivity index (χ2v) is 7.34. The highest BCUT2D eigenvalue weighted by molar-refractivity contribution is 9.10. The Morgan fingerprint density at radius 1 is 0.966 bits per heavy atom. The predicted molar refractivity (Wildman–Crippen MR) is 119 cm³/mol. The van der Waals surface area contributed by atoms with Gasteiger partial charge in [-0.15, -0.1) is 0 Å². The molecule has 2 aromatic carbocycles. The third-order valence-electron chi connectivity index (χ3n) is 3.91. The number of hydrogen-bond acceptors (Lipinski definition) is 4. The fourth-order valence-electron chi connectivity index (χ4n) is 2.56. The van der Waals surface area contributed by atoms with Gasteiger partial charge in [0.25, 0.3) is 0 Å². The fraction of sp³-hybridized carbons (Fsp3) is 0.333. The third-order valence-corrected chi connectivity index (χ3v) is 4.98. The third kappa shape index (κ3) is 6.65. The first-order chi connectivity index (χ1) is 13.9. The molecule has 156 valence electrons. The molecule has 0 radical (unpaired) electrons. The molecule has 2 N–H and O–H groups in total. The molecule has 0 aliphatic carbocycles. The van der Waals surface area contributed by atoms with Crippen molar-refractivity contribution < 1.29 is 19.1 Å². The molecular weight excluding hydrogens is 460 g/mol. The van der Waals surface area contributed by atoms with Crippen LogP contribution in [0.15, 0.2) is 34.8 Å². The van der Waals surface area contributed by atoms with Crippen molar-refractivity contribution in [1.29, 1.82) is 0 Å². The van der Waals surface area contributed by atoms with Crippen molar-refractivity contribution in [2.45, 2.75) is 33.6 Å². The molecule has 2 rings (SSSR count). The van der Waals surface area contributed by atoms with Gasteiger partial charge in [-0.25, -0.2) is 0 Å². The van der Waals surface area contributed by atoms with Gasteiger partial charge in [-0.05, 0) is 49.7 Å². The van der Waals surface area contributed by atoms with E-state index in [1.54, 1.807) is 37.3 Å². The molecular formula is C21H24BrClN2O4. The van der Waals surface area contributed by atoms with Crippen molar-refractivity contribution in [3.05, 3.63) is 45.4 Å². The van der Waals surface area contributed by atoms with Crippen LogP contribution < -0.4 is 20.1 Å². The summed E-state index contributed by atoms with van der Waals surface area (Å²) < 4.78 is 12.0. The minimum atomic E-state index is -0.252. The van der Waals surface area contributed by atoms with Crippen LogP contribution in [-0.2, 0) is 16.0 Å². The lowest BCUT2D eigenvalue weighted by Gasteiger charge is -2.15. The molecule has 2 amide bonds. The highest BCUT2D eigenvalue weighted by Crippen LogP contribution is 2.34. The van der Waals surface area contributed by atoms with E-state index in [4.69, 9.17) is 21.1 Å². The predicted octanol–water partition coefficient (Wildman–Crippen LogP) is 5.43. The Labute approximate surface area is 184 Å². The number of halogens is 2. The molecule has 0 heterocycles. The van der Waals surface area contributed by atoms with Crippen LogP contribution >= 0.6 is 27.5 Å². The summed E-state index contributed by atoms with van der Waals surface area (Å²) in [6.45, 7) is 6.54. The first-order valence-corrected chi connectivity index (χ1v) is 10.5. The van der Waals surface area contributed by atoms with Gasteiger partial charge in [0.2, 0.25) is 11.8 Å². The van der Waals surface area contributed by atoms with Crippen molar-refractivity contribution in [3.63, 3.8) is 0 Å². The van der Waals surface area contributed by atoms with Crippen LogP contribution in [0.3, 0.4) is 0 Å². The van der Waals surface area contributed by atoms with E-state index in [0.29, 0.717) is 47.5 Å². The normalized spacial score (nSPS) is 10.4. The largest absolute Gasteiger partial charge is 0.490 e. The van der Waals surface area contributed by atoms with Gasteiger partial charge in [0.1, 0.15) is 0 Å². The van der Waals surface area contributed by atoms with E-state index in [-0.39, 0.29) is 18.2 Å². The van der Waals surface area contributed by atoms with Crippen molar-refractivity contribution in [2.75, 3.05) is 23.8 Å². The molecule has 0 unspecified atom stereocenters. The van der Waals surface area contributed by atoms with E-state index >= 15 is 0 Å². The van der Waals surface area contributed by atoms with Gasteiger partial charge in [-0.3, -0.25) is 9.59 Å². The maximum Gasteiger partial charge on any atom is 0.228 e. The zero-order chi connectivity index (χ0) is 21.4. The number of rotatable bonds is 9. The molecule has 6 nitrogen and oxygen atoms in total. The number of hydrogen-bond donors (Lipinski definition) is 2. The lowest BCUT2D eigenvalue weighted by Crippen LogP contribution is -2.16. The summed E-state index contributed by atoms with van der Waals surface area (Å²) in [4.78, 5) is 24.2. The molecule has 0 saturated carbocycles. The van der Waals surface area contributed by atoms with Crippen LogP contribution in [0.5, 0.6) is 11.5 Å². The summed E-state index contributed by atoms with van der Waals surface area (Å²) in [6.07, 6.45) is 0.465. The monoisotopic (exact) mass is 482 g/mol. The van der Waals surface area contributed by atoms with Gasteiger partial charge in [-0.2, -0.15) is 0 Å². The van der Waals surface area contributed by atoms with Gasteiger partial charge in [-0.1, -0.05) is 34.5 Å². The average molecular weight is 484 g/mol. The van der Waals surface area contributed by atoms with Crippen molar-refractivity contribution >= 4 is 50.7 Å². The minimum Gasteiger partial charge on any atom is -0.490 e. The van der Waals surface area contributed by atoms with E-state index < -0.39 is 0 Å². The quantitative estimate of drug-likeness (QED) is 0.499. The lowest BCUT2D eigenvalue weighted by molar-refractivity contribution is -0.116. The number of nitrogens with one attached hydrogen (secondary N) is 2. The Bertz CT molecular complexity index is 889. The fourth-order valence-corrected chi connectivity index (χ4v) is 3.19.